The minimum absolute atomic E-state index is 0.0276. The Morgan fingerprint density at radius 3 is 2.59 bits per heavy atom. The number of primary amides is 1. The third-order valence-electron chi connectivity index (χ3n) is 6.59. The standard InChI is InChI=1S/C26H29FN6O4/c1-14-24(15(2)32-31-14)16-9-20(25(28)35)26(30-11-16)37-22-7-8-33(13-21(22)27)23(34)10-17-3-4-19(12-29-17)36-18-5-6-18/h3-4,9,11-12,18,21-22H,5-8,10,13H2,1-2H3,(H2,28,35)(H,31,32)/t21-,22-/m0/s1. The van der Waals surface area contributed by atoms with Gasteiger partial charge in [0, 0.05) is 41.7 Å². The molecule has 3 aromatic rings. The predicted molar refractivity (Wildman–Crippen MR) is 132 cm³/mol. The average Bonchev–Trinajstić information content (AvgIpc) is 3.63. The molecular formula is C26H29FN6O4. The van der Waals surface area contributed by atoms with Gasteiger partial charge in [0.1, 0.15) is 17.4 Å². The van der Waals surface area contributed by atoms with Crippen LogP contribution in [0.25, 0.3) is 11.1 Å². The lowest BCUT2D eigenvalue weighted by Gasteiger charge is -2.34. The molecule has 2 aliphatic rings. The Bertz CT molecular complexity index is 1290. The number of nitrogens with two attached hydrogens (primary N) is 1. The van der Waals surface area contributed by atoms with E-state index in [1.807, 2.05) is 13.8 Å². The van der Waals surface area contributed by atoms with Crippen LogP contribution in [-0.4, -0.2) is 68.3 Å². The molecule has 10 nitrogen and oxygen atoms in total. The van der Waals surface area contributed by atoms with E-state index in [9.17, 15) is 9.59 Å². The molecule has 2 atom stereocenters. The Hall–Kier alpha value is -4.02. The summed E-state index contributed by atoms with van der Waals surface area (Å²) in [5.74, 6) is -0.282. The molecule has 0 spiro atoms. The molecule has 11 heteroatoms. The number of likely N-dealkylation sites (tertiary alicyclic amines) is 1. The molecule has 0 bridgehead atoms. The summed E-state index contributed by atoms with van der Waals surface area (Å²) in [4.78, 5) is 35.0. The Labute approximate surface area is 213 Å². The number of H-pyrrole nitrogens is 1. The van der Waals surface area contributed by atoms with Crippen molar-refractivity contribution in [2.45, 2.75) is 57.9 Å². The fourth-order valence-electron chi connectivity index (χ4n) is 4.45. The molecule has 0 aromatic carbocycles. The summed E-state index contributed by atoms with van der Waals surface area (Å²) in [6, 6.07) is 5.14. The monoisotopic (exact) mass is 508 g/mol. The zero-order valence-corrected chi connectivity index (χ0v) is 20.7. The minimum Gasteiger partial charge on any atom is -0.489 e. The second-order valence-corrected chi connectivity index (χ2v) is 9.53. The molecule has 1 saturated heterocycles. The maximum atomic E-state index is 15.1. The van der Waals surface area contributed by atoms with E-state index >= 15 is 4.39 Å². The van der Waals surface area contributed by atoms with Crippen molar-refractivity contribution in [3.05, 3.63) is 53.2 Å². The van der Waals surface area contributed by atoms with Crippen molar-refractivity contribution in [3.8, 4) is 22.8 Å². The largest absolute Gasteiger partial charge is 0.489 e. The number of alkyl halides is 1. The van der Waals surface area contributed by atoms with Crippen LogP contribution in [0.5, 0.6) is 11.6 Å². The van der Waals surface area contributed by atoms with Crippen LogP contribution in [-0.2, 0) is 11.2 Å². The number of aromatic amines is 1. The molecule has 1 aliphatic heterocycles. The molecule has 1 aliphatic carbocycles. The zero-order chi connectivity index (χ0) is 26.1. The first-order valence-electron chi connectivity index (χ1n) is 12.3. The van der Waals surface area contributed by atoms with Crippen LogP contribution in [0.4, 0.5) is 4.39 Å². The summed E-state index contributed by atoms with van der Waals surface area (Å²) in [6.45, 7) is 3.89. The molecule has 0 radical (unpaired) electrons. The summed E-state index contributed by atoms with van der Waals surface area (Å²) < 4.78 is 26.6. The number of amides is 2. The van der Waals surface area contributed by atoms with E-state index in [1.54, 1.807) is 30.6 Å². The van der Waals surface area contributed by atoms with E-state index in [-0.39, 0.29) is 42.8 Å². The van der Waals surface area contributed by atoms with Crippen LogP contribution in [0.15, 0.2) is 30.6 Å². The number of ether oxygens (including phenoxy) is 2. The van der Waals surface area contributed by atoms with Gasteiger partial charge in [-0.15, -0.1) is 0 Å². The van der Waals surface area contributed by atoms with Gasteiger partial charge in [0.25, 0.3) is 5.91 Å². The second kappa shape index (κ2) is 10.2. The van der Waals surface area contributed by atoms with Crippen molar-refractivity contribution in [2.24, 2.45) is 5.73 Å². The van der Waals surface area contributed by atoms with Crippen molar-refractivity contribution in [3.63, 3.8) is 0 Å². The highest BCUT2D eigenvalue weighted by atomic mass is 19.1. The molecule has 194 valence electrons. The van der Waals surface area contributed by atoms with Gasteiger partial charge in [0.05, 0.1) is 31.0 Å². The summed E-state index contributed by atoms with van der Waals surface area (Å²) in [5.41, 5.74) is 9.28. The molecular weight excluding hydrogens is 479 g/mol. The smallest absolute Gasteiger partial charge is 0.254 e. The quantitative estimate of drug-likeness (QED) is 0.477. The highest BCUT2D eigenvalue weighted by Crippen LogP contribution is 2.30. The number of piperidine rings is 1. The number of aromatic nitrogens is 4. The van der Waals surface area contributed by atoms with E-state index in [0.29, 0.717) is 23.6 Å². The van der Waals surface area contributed by atoms with Crippen molar-refractivity contribution >= 4 is 11.8 Å². The number of aryl methyl sites for hydroxylation is 2. The lowest BCUT2D eigenvalue weighted by atomic mass is 10.0. The Morgan fingerprint density at radius 1 is 1.16 bits per heavy atom. The van der Waals surface area contributed by atoms with Crippen LogP contribution in [0, 0.1) is 13.8 Å². The molecule has 3 N–H and O–H groups in total. The maximum Gasteiger partial charge on any atom is 0.254 e. The molecule has 2 amide bonds. The van der Waals surface area contributed by atoms with Gasteiger partial charge in [-0.3, -0.25) is 19.7 Å². The van der Waals surface area contributed by atoms with Crippen LogP contribution >= 0.6 is 0 Å². The predicted octanol–water partition coefficient (Wildman–Crippen LogP) is 2.68. The van der Waals surface area contributed by atoms with Crippen LogP contribution in [0.3, 0.4) is 0 Å². The van der Waals surface area contributed by atoms with Crippen LogP contribution in [0.1, 0.15) is 46.7 Å². The topological polar surface area (TPSA) is 136 Å². The normalized spacial score (nSPS) is 19.5. The van der Waals surface area contributed by atoms with Crippen molar-refractivity contribution < 1.29 is 23.5 Å². The molecule has 5 rings (SSSR count). The molecule has 2 fully saturated rings. The number of hydrogen-bond donors (Lipinski definition) is 2. The highest BCUT2D eigenvalue weighted by Gasteiger charge is 2.34. The van der Waals surface area contributed by atoms with Crippen molar-refractivity contribution in [2.75, 3.05) is 13.1 Å². The minimum atomic E-state index is -1.46. The lowest BCUT2D eigenvalue weighted by Crippen LogP contribution is -2.49. The third kappa shape index (κ3) is 5.55. The van der Waals surface area contributed by atoms with E-state index < -0.39 is 18.2 Å². The second-order valence-electron chi connectivity index (χ2n) is 9.53. The maximum absolute atomic E-state index is 15.1. The third-order valence-corrected chi connectivity index (χ3v) is 6.59. The van der Waals surface area contributed by atoms with Gasteiger partial charge in [0.15, 0.2) is 6.17 Å². The Morgan fingerprint density at radius 2 is 1.97 bits per heavy atom. The first-order valence-corrected chi connectivity index (χ1v) is 12.3. The van der Waals surface area contributed by atoms with Gasteiger partial charge >= 0.3 is 0 Å². The molecule has 3 aromatic heterocycles. The van der Waals surface area contributed by atoms with Gasteiger partial charge in [0.2, 0.25) is 11.8 Å². The summed E-state index contributed by atoms with van der Waals surface area (Å²) >= 11 is 0. The number of carbonyl (C=O) groups is 2. The Kier molecular flexibility index (Phi) is 6.77. The number of rotatable bonds is 8. The first kappa shape index (κ1) is 24.7. The lowest BCUT2D eigenvalue weighted by molar-refractivity contribution is -0.134. The van der Waals surface area contributed by atoms with E-state index in [1.165, 1.54) is 4.90 Å². The van der Waals surface area contributed by atoms with E-state index in [2.05, 4.69) is 20.2 Å². The number of carbonyl (C=O) groups excluding carboxylic acids is 2. The Balaban J connectivity index is 1.21. The van der Waals surface area contributed by atoms with E-state index in [0.717, 1.165) is 29.8 Å². The molecule has 0 unspecified atom stereocenters. The summed E-state index contributed by atoms with van der Waals surface area (Å²) in [5, 5.41) is 7.06. The number of nitrogens with zero attached hydrogens (tertiary/aromatic N) is 4. The number of halogens is 1. The fraction of sp³-hybridized carbons (Fsp3) is 0.423. The SMILES string of the molecule is Cc1n[nH]c(C)c1-c1cnc(O[C@H]2CCN(C(=O)Cc3ccc(OC4CC4)cn3)C[C@@H]2F)c(C(N)=O)c1. The highest BCUT2D eigenvalue weighted by molar-refractivity contribution is 5.96. The number of hydrogen-bond acceptors (Lipinski definition) is 7. The van der Waals surface area contributed by atoms with Gasteiger partial charge in [-0.25, -0.2) is 9.37 Å². The summed E-state index contributed by atoms with van der Waals surface area (Å²) in [7, 11) is 0. The summed E-state index contributed by atoms with van der Waals surface area (Å²) in [6.07, 6.45) is 3.54. The molecule has 37 heavy (non-hydrogen) atoms. The zero-order valence-electron chi connectivity index (χ0n) is 20.7. The van der Waals surface area contributed by atoms with Gasteiger partial charge < -0.3 is 20.1 Å². The molecule has 4 heterocycles. The van der Waals surface area contributed by atoms with Crippen molar-refractivity contribution in [1.82, 2.24) is 25.1 Å². The fourth-order valence-corrected chi connectivity index (χ4v) is 4.45. The van der Waals surface area contributed by atoms with E-state index in [4.69, 9.17) is 15.2 Å². The average molecular weight is 509 g/mol. The number of nitrogens with one attached hydrogen (secondary N) is 1. The van der Waals surface area contributed by atoms with Gasteiger partial charge in [-0.1, -0.05) is 0 Å². The van der Waals surface area contributed by atoms with Crippen LogP contribution < -0.4 is 15.2 Å². The first-order chi connectivity index (χ1) is 17.8. The number of pyridine rings is 2. The van der Waals surface area contributed by atoms with Crippen molar-refractivity contribution in [1.29, 1.82) is 0 Å². The van der Waals surface area contributed by atoms with Gasteiger partial charge in [-0.05, 0) is 44.9 Å². The molecule has 1 saturated carbocycles. The van der Waals surface area contributed by atoms with Gasteiger partial charge in [-0.2, -0.15) is 5.10 Å². The van der Waals surface area contributed by atoms with Crippen LogP contribution in [0.2, 0.25) is 0 Å².